The number of hydrogen-bond donors (Lipinski definition) is 1. The van der Waals surface area contributed by atoms with E-state index in [-0.39, 0.29) is 11.1 Å². The van der Waals surface area contributed by atoms with Gasteiger partial charge in [-0.15, -0.1) is 0 Å². The first kappa shape index (κ1) is 14.2. The van der Waals surface area contributed by atoms with Gasteiger partial charge >= 0.3 is 6.18 Å². The van der Waals surface area contributed by atoms with E-state index in [9.17, 15) is 13.2 Å². The lowest BCUT2D eigenvalue weighted by Crippen LogP contribution is -2.15. The number of rotatable bonds is 1. The molecule has 104 valence electrons. The smallest absolute Gasteiger partial charge is 0.335 e. The van der Waals surface area contributed by atoms with Gasteiger partial charge in [0.25, 0.3) is 0 Å². The summed E-state index contributed by atoms with van der Waals surface area (Å²) in [5, 5.41) is 3.62. The fraction of sp³-hybridized carbons (Fsp3) is 0.462. The number of nitrogens with zero attached hydrogens (tertiary/aromatic N) is 1. The molecule has 0 atom stereocenters. The second kappa shape index (κ2) is 4.74. The van der Waals surface area contributed by atoms with Crippen molar-refractivity contribution in [3.8, 4) is 0 Å². The van der Waals surface area contributed by atoms with Gasteiger partial charge in [-0.05, 0) is 38.5 Å². The Morgan fingerprint density at radius 1 is 1.32 bits per heavy atom. The van der Waals surface area contributed by atoms with Gasteiger partial charge < -0.3 is 5.32 Å². The molecule has 1 heterocycles. The molecular weight excluding hydrogens is 273 g/mol. The Bertz CT molecular complexity index is 521. The maximum atomic E-state index is 12.8. The maximum Gasteiger partial charge on any atom is 0.416 e. The fourth-order valence-electron chi connectivity index (χ4n) is 1.78. The van der Waals surface area contributed by atoms with E-state index in [1.54, 1.807) is 6.07 Å². The molecule has 6 heteroatoms. The topological polar surface area (TPSA) is 24.4 Å². The summed E-state index contributed by atoms with van der Waals surface area (Å²) in [7, 11) is 0. The van der Waals surface area contributed by atoms with Crippen LogP contribution in [0, 0.1) is 6.92 Å². The van der Waals surface area contributed by atoms with Gasteiger partial charge in [0.05, 0.1) is 11.1 Å². The number of nitrogens with one attached hydrogen (secondary N) is 1. The third-order valence-corrected chi connectivity index (χ3v) is 4.08. The highest BCUT2D eigenvalue weighted by molar-refractivity contribution is 8.14. The second-order valence-electron chi connectivity index (χ2n) is 5.17. The van der Waals surface area contributed by atoms with Crippen LogP contribution in [0.1, 0.15) is 25.0 Å². The van der Waals surface area contributed by atoms with Crippen molar-refractivity contribution in [2.24, 2.45) is 4.99 Å². The number of alkyl halides is 3. The SMILES string of the molecule is Cc1ccc(NC2=NC(C)(C)CS2)cc1C(F)(F)F. The number of benzene rings is 1. The highest BCUT2D eigenvalue weighted by Gasteiger charge is 2.33. The zero-order valence-electron chi connectivity index (χ0n) is 10.9. The van der Waals surface area contributed by atoms with Crippen molar-refractivity contribution < 1.29 is 13.2 Å². The van der Waals surface area contributed by atoms with Gasteiger partial charge in [-0.1, -0.05) is 17.8 Å². The molecule has 0 fully saturated rings. The van der Waals surface area contributed by atoms with Crippen LogP contribution in [0.3, 0.4) is 0 Å². The minimum absolute atomic E-state index is 0.162. The van der Waals surface area contributed by atoms with Crippen molar-refractivity contribution in [1.29, 1.82) is 0 Å². The first-order chi connectivity index (χ1) is 8.67. The molecule has 0 aliphatic carbocycles. The van der Waals surface area contributed by atoms with Crippen molar-refractivity contribution >= 4 is 22.6 Å². The lowest BCUT2D eigenvalue weighted by Gasteiger charge is -2.13. The van der Waals surface area contributed by atoms with Gasteiger partial charge in [-0.3, -0.25) is 4.99 Å². The van der Waals surface area contributed by atoms with Gasteiger partial charge in [0.1, 0.15) is 0 Å². The molecule has 2 nitrogen and oxygen atoms in total. The van der Waals surface area contributed by atoms with Crippen molar-refractivity contribution in [2.45, 2.75) is 32.5 Å². The lowest BCUT2D eigenvalue weighted by molar-refractivity contribution is -0.138. The van der Waals surface area contributed by atoms with Crippen molar-refractivity contribution in [2.75, 3.05) is 11.1 Å². The second-order valence-corrected chi connectivity index (χ2v) is 6.13. The van der Waals surface area contributed by atoms with E-state index in [4.69, 9.17) is 0 Å². The molecule has 0 spiro atoms. The number of thioether (sulfide) groups is 1. The molecule has 2 rings (SSSR count). The van der Waals surface area contributed by atoms with E-state index in [1.165, 1.54) is 24.8 Å². The van der Waals surface area contributed by atoms with Crippen molar-refractivity contribution in [1.82, 2.24) is 0 Å². The summed E-state index contributed by atoms with van der Waals surface area (Å²) in [4.78, 5) is 4.42. The first-order valence-electron chi connectivity index (χ1n) is 5.85. The number of hydrogen-bond acceptors (Lipinski definition) is 3. The highest BCUT2D eigenvalue weighted by atomic mass is 32.2. The number of aryl methyl sites for hydroxylation is 1. The molecule has 0 bridgehead atoms. The Labute approximate surface area is 114 Å². The van der Waals surface area contributed by atoms with E-state index in [2.05, 4.69) is 10.3 Å². The van der Waals surface area contributed by atoms with E-state index in [0.29, 0.717) is 10.9 Å². The Balaban J connectivity index is 2.24. The van der Waals surface area contributed by atoms with Gasteiger partial charge in [0.15, 0.2) is 5.17 Å². The standard InChI is InChI=1S/C13H15F3N2S/c1-8-4-5-9(6-10(8)13(14,15)16)17-11-18-12(2,3)7-19-11/h4-6H,7H2,1-3H3,(H,17,18). The molecule has 0 saturated carbocycles. The fourth-order valence-corrected chi connectivity index (χ4v) is 2.83. The third kappa shape index (κ3) is 3.43. The summed E-state index contributed by atoms with van der Waals surface area (Å²) < 4.78 is 38.4. The molecule has 0 saturated heterocycles. The van der Waals surface area contributed by atoms with E-state index < -0.39 is 11.7 Å². The minimum atomic E-state index is -4.33. The molecule has 0 aromatic heterocycles. The summed E-state index contributed by atoms with van der Waals surface area (Å²) in [6, 6.07) is 4.24. The van der Waals surface area contributed by atoms with Crippen molar-refractivity contribution in [3.63, 3.8) is 0 Å². The zero-order valence-corrected chi connectivity index (χ0v) is 11.7. The number of amidine groups is 1. The molecule has 0 amide bonds. The summed E-state index contributed by atoms with van der Waals surface area (Å²) in [5.74, 6) is 0.827. The highest BCUT2D eigenvalue weighted by Crippen LogP contribution is 2.34. The molecular formula is C13H15F3N2S. The monoisotopic (exact) mass is 288 g/mol. The minimum Gasteiger partial charge on any atom is -0.335 e. The zero-order chi connectivity index (χ0) is 14.3. The normalized spacial score (nSPS) is 18.3. The van der Waals surface area contributed by atoms with Gasteiger partial charge in [0, 0.05) is 11.4 Å². The number of anilines is 1. The Kier molecular flexibility index (Phi) is 3.55. The maximum absolute atomic E-state index is 12.8. The van der Waals surface area contributed by atoms with Crippen LogP contribution < -0.4 is 5.32 Å². The average molecular weight is 288 g/mol. The quantitative estimate of drug-likeness (QED) is 0.833. The molecule has 1 aliphatic rings. The molecule has 0 unspecified atom stereocenters. The molecule has 1 N–H and O–H groups in total. The lowest BCUT2D eigenvalue weighted by atomic mass is 10.1. The first-order valence-corrected chi connectivity index (χ1v) is 6.83. The van der Waals surface area contributed by atoms with Crippen LogP contribution in [-0.4, -0.2) is 16.5 Å². The summed E-state index contributed by atoms with van der Waals surface area (Å²) in [6.45, 7) is 5.44. The molecule has 1 aromatic carbocycles. The summed E-state index contributed by atoms with van der Waals surface area (Å²) in [6.07, 6.45) is -4.33. The summed E-state index contributed by atoms with van der Waals surface area (Å²) in [5.41, 5.74) is -0.133. The molecule has 1 aliphatic heterocycles. The van der Waals surface area contributed by atoms with Gasteiger partial charge in [-0.2, -0.15) is 13.2 Å². The van der Waals surface area contributed by atoms with E-state index in [0.717, 1.165) is 11.8 Å². The van der Waals surface area contributed by atoms with Gasteiger partial charge in [-0.25, -0.2) is 0 Å². The van der Waals surface area contributed by atoms with Crippen LogP contribution in [0.15, 0.2) is 23.2 Å². The summed E-state index contributed by atoms with van der Waals surface area (Å²) >= 11 is 1.52. The van der Waals surface area contributed by atoms with E-state index in [1.807, 2.05) is 13.8 Å². The van der Waals surface area contributed by atoms with E-state index >= 15 is 0 Å². The number of aliphatic imine (C=N–C) groups is 1. The Morgan fingerprint density at radius 2 is 2.00 bits per heavy atom. The molecule has 19 heavy (non-hydrogen) atoms. The predicted molar refractivity (Wildman–Crippen MR) is 73.8 cm³/mol. The van der Waals surface area contributed by atoms with Crippen LogP contribution in [0.2, 0.25) is 0 Å². The van der Waals surface area contributed by atoms with Crippen LogP contribution in [0.4, 0.5) is 18.9 Å². The van der Waals surface area contributed by atoms with Crippen LogP contribution in [0.5, 0.6) is 0 Å². The van der Waals surface area contributed by atoms with Crippen LogP contribution in [0.25, 0.3) is 0 Å². The van der Waals surface area contributed by atoms with Crippen LogP contribution in [-0.2, 0) is 6.18 Å². The Morgan fingerprint density at radius 3 is 2.53 bits per heavy atom. The predicted octanol–water partition coefficient (Wildman–Crippen LogP) is 4.31. The molecule has 1 aromatic rings. The average Bonchev–Trinajstić information content (AvgIpc) is 2.59. The van der Waals surface area contributed by atoms with Crippen LogP contribution >= 0.6 is 11.8 Å². The Hall–Kier alpha value is -1.17. The third-order valence-electron chi connectivity index (χ3n) is 2.76. The van der Waals surface area contributed by atoms with Crippen molar-refractivity contribution in [3.05, 3.63) is 29.3 Å². The number of halogens is 3. The van der Waals surface area contributed by atoms with Gasteiger partial charge in [0.2, 0.25) is 0 Å². The molecule has 0 radical (unpaired) electrons. The largest absolute Gasteiger partial charge is 0.416 e.